The summed E-state index contributed by atoms with van der Waals surface area (Å²) in [5.74, 6) is 0.218. The first-order valence-corrected chi connectivity index (χ1v) is 9.87. The van der Waals surface area contributed by atoms with E-state index in [2.05, 4.69) is 0 Å². The predicted molar refractivity (Wildman–Crippen MR) is 100 cm³/mol. The number of aliphatic hydroxyl groups is 2. The zero-order chi connectivity index (χ0) is 21.7. The number of nitrogens with zero attached hydrogens (tertiary/aromatic N) is 1. The maximum Gasteiger partial charge on any atom is 0.399 e. The van der Waals surface area contributed by atoms with Crippen LogP contribution in [-0.2, 0) is 20.4 Å². The number of hydrogen-bond donors (Lipinski definition) is 3. The number of ether oxygens (including phenoxy) is 2. The molecular formula is C17H20FN2O9P. The zero-order valence-electron chi connectivity index (χ0n) is 15.8. The highest BCUT2D eigenvalue weighted by Gasteiger charge is 2.26. The summed E-state index contributed by atoms with van der Waals surface area (Å²) in [5, 5.41) is 17.7. The minimum atomic E-state index is -1.51. The number of aliphatic hydroxyl groups excluding tert-OH is 2. The first-order chi connectivity index (χ1) is 14.4. The lowest BCUT2D eigenvalue weighted by molar-refractivity contribution is -0.114. The molecule has 0 amide bonds. The molecule has 0 radical (unpaired) electrons. The molecule has 1 aromatic heterocycles. The molecule has 1 fully saturated rings. The average Bonchev–Trinajstić information content (AvgIpc) is 3.17. The highest BCUT2D eigenvalue weighted by molar-refractivity contribution is 7.42. The summed E-state index contributed by atoms with van der Waals surface area (Å²) in [4.78, 5) is 23.8. The molecule has 4 rings (SSSR count). The van der Waals surface area contributed by atoms with Gasteiger partial charge in [0.2, 0.25) is 5.82 Å². The quantitative estimate of drug-likeness (QED) is 0.465. The van der Waals surface area contributed by atoms with Crippen LogP contribution in [0.25, 0.3) is 0 Å². The van der Waals surface area contributed by atoms with Crippen molar-refractivity contribution in [2.45, 2.75) is 32.0 Å². The van der Waals surface area contributed by atoms with Crippen molar-refractivity contribution >= 4 is 8.60 Å². The summed E-state index contributed by atoms with van der Waals surface area (Å²) in [6.45, 7) is -0.0194. The maximum absolute atomic E-state index is 12.9. The smallest absolute Gasteiger partial charge is 0.399 e. The van der Waals surface area contributed by atoms with Crippen LogP contribution in [0.1, 0.15) is 24.6 Å². The van der Waals surface area contributed by atoms with Crippen molar-refractivity contribution in [3.8, 4) is 11.5 Å². The van der Waals surface area contributed by atoms with E-state index in [1.807, 2.05) is 17.1 Å². The molecule has 11 nitrogen and oxygen atoms in total. The molecule has 2 aliphatic heterocycles. The molecule has 3 heterocycles. The molecule has 2 unspecified atom stereocenters. The van der Waals surface area contributed by atoms with Crippen LogP contribution in [0.2, 0.25) is 0 Å². The second-order valence-corrected chi connectivity index (χ2v) is 7.21. The third kappa shape index (κ3) is 5.22. The molecule has 30 heavy (non-hydrogen) atoms. The number of aromatic nitrogens is 2. The summed E-state index contributed by atoms with van der Waals surface area (Å²) >= 11 is 0. The molecule has 13 heteroatoms. The Morgan fingerprint density at radius 2 is 2.17 bits per heavy atom. The predicted octanol–water partition coefficient (Wildman–Crippen LogP) is 1.10. The van der Waals surface area contributed by atoms with Crippen LogP contribution in [0.15, 0.2) is 34.0 Å². The van der Waals surface area contributed by atoms with E-state index in [1.54, 1.807) is 13.2 Å². The van der Waals surface area contributed by atoms with Crippen LogP contribution in [0, 0.1) is 5.82 Å². The number of H-pyrrole nitrogens is 1. The summed E-state index contributed by atoms with van der Waals surface area (Å²) in [5.41, 5.74) is -0.898. The number of rotatable bonds is 4. The second kappa shape index (κ2) is 10.1. The average molecular weight is 446 g/mol. The number of aromatic amines is 1. The molecular weight excluding hydrogens is 426 g/mol. The summed E-state index contributed by atoms with van der Waals surface area (Å²) in [6.07, 6.45) is -0.121. The standard InChI is InChI=1S/C9H11O5P.C8H9FN2O4/c1-11-8-4-2-3-7-5-12-15(13-6-10)14-9(7)8;9-4-3-11(8(14)10-7(4)13)5-1-2-6(12)15-5/h2-4,10H,5-6H2,1H3;3,5-6,12H,1-2H2,(H,10,13,14)/t;5?,6-/m.0/s1. The molecule has 0 spiro atoms. The third-order valence-electron chi connectivity index (χ3n) is 4.14. The van der Waals surface area contributed by atoms with Gasteiger partial charge in [0.25, 0.3) is 5.56 Å². The fourth-order valence-electron chi connectivity index (χ4n) is 2.76. The van der Waals surface area contributed by atoms with Gasteiger partial charge in [0.15, 0.2) is 24.6 Å². The molecule has 2 aromatic rings. The van der Waals surface area contributed by atoms with E-state index in [9.17, 15) is 14.0 Å². The molecule has 3 atom stereocenters. The summed E-state index contributed by atoms with van der Waals surface area (Å²) < 4.78 is 39.5. The lowest BCUT2D eigenvalue weighted by Crippen LogP contribution is -2.33. The monoisotopic (exact) mass is 446 g/mol. The fraction of sp³-hybridized carbons (Fsp3) is 0.412. The minimum Gasteiger partial charge on any atom is -0.493 e. The van der Waals surface area contributed by atoms with Crippen LogP contribution in [0.3, 0.4) is 0 Å². The maximum atomic E-state index is 12.9. The third-order valence-corrected chi connectivity index (χ3v) is 5.14. The van der Waals surface area contributed by atoms with Crippen molar-refractivity contribution in [1.82, 2.24) is 9.55 Å². The van der Waals surface area contributed by atoms with Crippen LogP contribution < -0.4 is 20.5 Å². The fourth-order valence-corrected chi connectivity index (χ4v) is 3.63. The largest absolute Gasteiger partial charge is 0.493 e. The van der Waals surface area contributed by atoms with Gasteiger partial charge in [0.1, 0.15) is 6.23 Å². The van der Waals surface area contributed by atoms with Gasteiger partial charge in [-0.05, 0) is 12.5 Å². The molecule has 3 N–H and O–H groups in total. The highest BCUT2D eigenvalue weighted by atomic mass is 31.2. The molecule has 1 saturated heterocycles. The van der Waals surface area contributed by atoms with E-state index in [4.69, 9.17) is 33.3 Å². The SMILES string of the molecule is COc1cccc2c1OP(OCO)OC2.O=c1[nH]c(=O)n(C2CC[C@@H](O)O2)cc1F. The van der Waals surface area contributed by atoms with E-state index in [0.29, 0.717) is 30.9 Å². The van der Waals surface area contributed by atoms with Gasteiger partial charge in [-0.2, -0.15) is 4.39 Å². The number of methoxy groups -OCH3 is 1. The topological polar surface area (TPSA) is 141 Å². The van der Waals surface area contributed by atoms with Crippen molar-refractivity contribution < 1.29 is 37.6 Å². The van der Waals surface area contributed by atoms with Gasteiger partial charge in [-0.25, -0.2) is 4.79 Å². The Morgan fingerprint density at radius 3 is 2.83 bits per heavy atom. The van der Waals surface area contributed by atoms with Crippen LogP contribution in [-0.4, -0.2) is 40.0 Å². The lowest BCUT2D eigenvalue weighted by Gasteiger charge is -2.24. The van der Waals surface area contributed by atoms with Gasteiger partial charge >= 0.3 is 14.3 Å². The first kappa shape index (κ1) is 22.3. The molecule has 0 aliphatic carbocycles. The number of hydrogen-bond acceptors (Lipinski definition) is 9. The Labute approximate surface area is 170 Å². The molecule has 1 aromatic carbocycles. The van der Waals surface area contributed by atoms with Gasteiger partial charge in [-0.3, -0.25) is 23.4 Å². The first-order valence-electron chi connectivity index (χ1n) is 8.78. The summed E-state index contributed by atoms with van der Waals surface area (Å²) in [6, 6.07) is 5.56. The Hall–Kier alpha value is -2.34. The van der Waals surface area contributed by atoms with Gasteiger partial charge in [0, 0.05) is 12.0 Å². The number of fused-ring (bicyclic) bond motifs is 1. The number of benzene rings is 1. The van der Waals surface area contributed by atoms with E-state index < -0.39 is 45.0 Å². The van der Waals surface area contributed by atoms with Crippen molar-refractivity contribution in [3.05, 3.63) is 56.6 Å². The highest BCUT2D eigenvalue weighted by Crippen LogP contribution is 2.50. The number of nitrogens with one attached hydrogen (secondary N) is 1. The molecule has 0 saturated carbocycles. The Bertz CT molecular complexity index is 968. The van der Waals surface area contributed by atoms with Crippen LogP contribution >= 0.6 is 8.60 Å². The molecule has 0 bridgehead atoms. The number of halogens is 1. The van der Waals surface area contributed by atoms with Crippen LogP contribution in [0.5, 0.6) is 11.5 Å². The second-order valence-electron chi connectivity index (χ2n) is 6.06. The van der Waals surface area contributed by atoms with E-state index >= 15 is 0 Å². The Kier molecular flexibility index (Phi) is 7.53. The normalized spacial score (nSPS) is 22.5. The van der Waals surface area contributed by atoms with Gasteiger partial charge in [-0.1, -0.05) is 12.1 Å². The van der Waals surface area contributed by atoms with Gasteiger partial charge in [0.05, 0.1) is 19.9 Å². The van der Waals surface area contributed by atoms with Crippen LogP contribution in [0.4, 0.5) is 4.39 Å². The van der Waals surface area contributed by atoms with E-state index in [-0.39, 0.29) is 0 Å². The Morgan fingerprint density at radius 1 is 1.37 bits per heavy atom. The van der Waals surface area contributed by atoms with Crippen molar-refractivity contribution in [3.63, 3.8) is 0 Å². The van der Waals surface area contributed by atoms with Crippen molar-refractivity contribution in [2.24, 2.45) is 0 Å². The molecule has 2 aliphatic rings. The minimum absolute atomic E-state index is 0.373. The summed E-state index contributed by atoms with van der Waals surface area (Å²) in [7, 11) is 0.0627. The lowest BCUT2D eigenvalue weighted by atomic mass is 10.2. The van der Waals surface area contributed by atoms with Crippen molar-refractivity contribution in [1.29, 1.82) is 0 Å². The van der Waals surface area contributed by atoms with E-state index in [1.165, 1.54) is 0 Å². The molecule has 164 valence electrons. The van der Waals surface area contributed by atoms with Gasteiger partial charge < -0.3 is 24.2 Å². The van der Waals surface area contributed by atoms with Crippen molar-refractivity contribution in [2.75, 3.05) is 13.9 Å². The van der Waals surface area contributed by atoms with Gasteiger partial charge in [-0.15, -0.1) is 0 Å². The Balaban J connectivity index is 0.000000171. The van der Waals surface area contributed by atoms with E-state index in [0.717, 1.165) is 16.3 Å². The zero-order valence-corrected chi connectivity index (χ0v) is 16.7. The number of para-hydroxylation sites is 1.